The van der Waals surface area contributed by atoms with Gasteiger partial charge in [-0.15, -0.1) is 0 Å². The van der Waals surface area contributed by atoms with Crippen molar-refractivity contribution in [2.45, 2.75) is 31.5 Å². The number of non-ortho nitro benzene ring substituents is 1. The molecule has 0 radical (unpaired) electrons. The molecule has 0 aliphatic carbocycles. The summed E-state index contributed by atoms with van der Waals surface area (Å²) in [5.41, 5.74) is -1.71. The van der Waals surface area contributed by atoms with Gasteiger partial charge in [-0.2, -0.15) is 26.3 Å². The summed E-state index contributed by atoms with van der Waals surface area (Å²) in [5, 5.41) is 28.5. The molecule has 2 aromatic carbocycles. The highest BCUT2D eigenvalue weighted by Gasteiger charge is 2.49. The van der Waals surface area contributed by atoms with Crippen LogP contribution in [0.1, 0.15) is 16.7 Å². The molecule has 2 aliphatic rings. The average Bonchev–Trinajstić information content (AvgIpc) is 2.81. The third kappa shape index (κ3) is 6.42. The maximum Gasteiger partial charge on any atom is 0.430 e. The van der Waals surface area contributed by atoms with E-state index in [1.165, 1.54) is 19.1 Å². The zero-order valence-electron chi connectivity index (χ0n) is 19.1. The number of nitro benzene ring substituents is 1. The molecule has 9 nitrogen and oxygen atoms in total. The van der Waals surface area contributed by atoms with E-state index >= 15 is 0 Å². The predicted octanol–water partition coefficient (Wildman–Crippen LogP) is 5.83. The predicted molar refractivity (Wildman–Crippen MR) is 121 cm³/mol. The number of fused-ring (bicyclic) bond motifs is 2. The maximum absolute atomic E-state index is 12.8. The molecule has 2 aromatic rings. The van der Waals surface area contributed by atoms with E-state index in [-0.39, 0.29) is 28.3 Å². The summed E-state index contributed by atoms with van der Waals surface area (Å²) in [4.78, 5) is 31.6. The first-order chi connectivity index (χ1) is 17.9. The molecule has 39 heavy (non-hydrogen) atoms. The van der Waals surface area contributed by atoms with Crippen LogP contribution in [-0.4, -0.2) is 51.6 Å². The standard InChI is InChI=1S/C12H8ClF3O3.C11H6F3NO5/c1-5-2-7(13)3-6-4-8(11(17)18)10(12(14,15)16)19-9(5)6;12-11(13,14)9-7(10(16)17)4-5-3-6(15(18)19)1-2-8(5)20-9/h2-4,10H,1H3,(H,17,18);1-4,9H,(H,16,17). The number of nitro groups is 1. The van der Waals surface area contributed by atoms with Crippen LogP contribution in [0.3, 0.4) is 0 Å². The lowest BCUT2D eigenvalue weighted by molar-refractivity contribution is -0.384. The highest BCUT2D eigenvalue weighted by molar-refractivity contribution is 6.30. The molecule has 2 unspecified atom stereocenters. The molecule has 2 heterocycles. The normalized spacial score (nSPS) is 18.1. The maximum atomic E-state index is 12.8. The number of aliphatic carboxylic acids is 2. The fourth-order valence-electron chi connectivity index (χ4n) is 3.59. The first-order valence-electron chi connectivity index (χ1n) is 10.3. The number of carboxylic acid groups (broad SMARTS) is 2. The smallest absolute Gasteiger partial charge is 0.430 e. The quantitative estimate of drug-likeness (QED) is 0.263. The van der Waals surface area contributed by atoms with Gasteiger partial charge in [-0.3, -0.25) is 10.1 Å². The third-order valence-electron chi connectivity index (χ3n) is 5.23. The number of alkyl halides is 6. The Morgan fingerprint density at radius 2 is 1.41 bits per heavy atom. The fourth-order valence-corrected chi connectivity index (χ4v) is 3.87. The van der Waals surface area contributed by atoms with E-state index in [1.807, 2.05) is 0 Å². The Kier molecular flexibility index (Phi) is 7.87. The molecule has 0 saturated carbocycles. The van der Waals surface area contributed by atoms with Crippen molar-refractivity contribution < 1.29 is 60.5 Å². The zero-order valence-corrected chi connectivity index (χ0v) is 19.9. The van der Waals surface area contributed by atoms with E-state index in [0.717, 1.165) is 30.4 Å². The fraction of sp³-hybridized carbons (Fsp3) is 0.217. The Bertz CT molecular complexity index is 1420. The van der Waals surface area contributed by atoms with Crippen molar-refractivity contribution in [2.24, 2.45) is 0 Å². The van der Waals surface area contributed by atoms with Gasteiger partial charge in [0.25, 0.3) is 5.69 Å². The van der Waals surface area contributed by atoms with E-state index in [9.17, 15) is 46.0 Å². The number of hydrogen-bond acceptors (Lipinski definition) is 6. The highest BCUT2D eigenvalue weighted by Crippen LogP contribution is 2.40. The molecule has 2 aliphatic heterocycles. The van der Waals surface area contributed by atoms with Crippen LogP contribution in [-0.2, 0) is 9.59 Å². The molecule has 0 bridgehead atoms. The van der Waals surface area contributed by atoms with Crippen LogP contribution in [0.4, 0.5) is 32.0 Å². The number of benzene rings is 2. The summed E-state index contributed by atoms with van der Waals surface area (Å²) in [6.07, 6.45) is -13.1. The second-order valence-corrected chi connectivity index (χ2v) is 8.45. The Labute approximate surface area is 218 Å². The first kappa shape index (κ1) is 29.3. The molecule has 2 N–H and O–H groups in total. The Morgan fingerprint density at radius 3 is 1.90 bits per heavy atom. The van der Waals surface area contributed by atoms with Crippen molar-refractivity contribution in [1.82, 2.24) is 0 Å². The summed E-state index contributed by atoms with van der Waals surface area (Å²) < 4.78 is 86.0. The molecule has 2 atom stereocenters. The molecule has 16 heteroatoms. The number of halogens is 7. The van der Waals surface area contributed by atoms with Crippen LogP contribution in [0.25, 0.3) is 12.2 Å². The van der Waals surface area contributed by atoms with Crippen LogP contribution in [0.2, 0.25) is 5.02 Å². The van der Waals surface area contributed by atoms with Crippen molar-refractivity contribution in [2.75, 3.05) is 0 Å². The molecule has 0 spiro atoms. The van der Waals surface area contributed by atoms with E-state index in [2.05, 4.69) is 4.74 Å². The number of hydrogen-bond donors (Lipinski definition) is 2. The van der Waals surface area contributed by atoms with Crippen LogP contribution < -0.4 is 9.47 Å². The van der Waals surface area contributed by atoms with Gasteiger partial charge in [0.1, 0.15) is 11.5 Å². The molecule has 0 aromatic heterocycles. The summed E-state index contributed by atoms with van der Waals surface area (Å²) in [5.74, 6) is -3.74. The Balaban J connectivity index is 0.000000216. The largest absolute Gasteiger partial charge is 0.478 e. The minimum atomic E-state index is -4.90. The lowest BCUT2D eigenvalue weighted by atomic mass is 9.99. The average molecular weight is 582 g/mol. The van der Waals surface area contributed by atoms with Gasteiger partial charge in [-0.25, -0.2) is 9.59 Å². The monoisotopic (exact) mass is 581 g/mol. The number of rotatable bonds is 3. The summed E-state index contributed by atoms with van der Waals surface area (Å²) >= 11 is 5.78. The number of ether oxygens (including phenoxy) is 2. The van der Waals surface area contributed by atoms with Gasteiger partial charge in [0.2, 0.25) is 12.2 Å². The third-order valence-corrected chi connectivity index (χ3v) is 5.45. The molecular weight excluding hydrogens is 568 g/mol. The Morgan fingerprint density at radius 1 is 0.897 bits per heavy atom. The number of aryl methyl sites for hydroxylation is 1. The van der Waals surface area contributed by atoms with E-state index in [4.69, 9.17) is 26.6 Å². The second kappa shape index (κ2) is 10.5. The first-order valence-corrected chi connectivity index (χ1v) is 10.7. The second-order valence-electron chi connectivity index (χ2n) is 8.01. The van der Waals surface area contributed by atoms with E-state index in [0.29, 0.717) is 10.6 Å². The van der Waals surface area contributed by atoms with Crippen molar-refractivity contribution in [3.63, 3.8) is 0 Å². The lowest BCUT2D eigenvalue weighted by Crippen LogP contribution is -2.40. The van der Waals surface area contributed by atoms with Crippen molar-refractivity contribution in [3.8, 4) is 11.5 Å². The van der Waals surface area contributed by atoms with Crippen LogP contribution >= 0.6 is 11.6 Å². The zero-order chi connectivity index (χ0) is 29.4. The van der Waals surface area contributed by atoms with Crippen LogP contribution in [0, 0.1) is 17.0 Å². The number of nitrogens with zero attached hydrogens (tertiary/aromatic N) is 1. The SMILES string of the molecule is Cc1cc(Cl)cc2c1OC(C(F)(F)F)C(C(=O)O)=C2.O=C(O)C1=Cc2cc([N+](=O)[O-])ccc2OC1C(F)(F)F. The minimum absolute atomic E-state index is 0.00303. The van der Waals surface area contributed by atoms with E-state index in [1.54, 1.807) is 0 Å². The molecule has 0 amide bonds. The number of carboxylic acids is 2. The molecular formula is C23H14ClF6NO8. The van der Waals surface area contributed by atoms with Gasteiger partial charge in [0, 0.05) is 28.3 Å². The molecule has 208 valence electrons. The van der Waals surface area contributed by atoms with Gasteiger partial charge in [-0.05, 0) is 42.8 Å². The van der Waals surface area contributed by atoms with Gasteiger partial charge in [0.05, 0.1) is 16.1 Å². The van der Waals surface area contributed by atoms with Crippen molar-refractivity contribution in [3.05, 3.63) is 73.3 Å². The Hall–Kier alpha value is -4.27. The molecule has 0 fully saturated rings. The van der Waals surface area contributed by atoms with Gasteiger partial charge in [-0.1, -0.05) is 11.6 Å². The summed E-state index contributed by atoms with van der Waals surface area (Å²) in [6, 6.07) is 5.74. The van der Waals surface area contributed by atoms with Crippen LogP contribution in [0.15, 0.2) is 41.5 Å². The highest BCUT2D eigenvalue weighted by atomic mass is 35.5. The van der Waals surface area contributed by atoms with Crippen molar-refractivity contribution >= 4 is 41.4 Å². The van der Waals surface area contributed by atoms with Gasteiger partial charge in [0.15, 0.2) is 0 Å². The van der Waals surface area contributed by atoms with Gasteiger partial charge >= 0.3 is 24.3 Å². The van der Waals surface area contributed by atoms with Gasteiger partial charge < -0.3 is 19.7 Å². The topological polar surface area (TPSA) is 136 Å². The minimum Gasteiger partial charge on any atom is -0.478 e. The summed E-state index contributed by atoms with van der Waals surface area (Å²) in [6.45, 7) is 1.54. The molecule has 0 saturated heterocycles. The lowest BCUT2D eigenvalue weighted by Gasteiger charge is -2.28. The van der Waals surface area contributed by atoms with E-state index < -0.39 is 52.6 Å². The molecule has 4 rings (SSSR count). The van der Waals surface area contributed by atoms with Crippen molar-refractivity contribution in [1.29, 1.82) is 0 Å². The number of carbonyl (C=O) groups is 2. The summed E-state index contributed by atoms with van der Waals surface area (Å²) in [7, 11) is 0. The van der Waals surface area contributed by atoms with Crippen LogP contribution in [0.5, 0.6) is 11.5 Å².